The Hall–Kier alpha value is -3.33. The van der Waals surface area contributed by atoms with E-state index in [0.29, 0.717) is 55.4 Å². The first-order chi connectivity index (χ1) is 16.5. The maximum absolute atomic E-state index is 13.2. The number of carbonyl (C=O) groups excluding carboxylic acids is 1. The molecule has 0 saturated carbocycles. The van der Waals surface area contributed by atoms with Crippen molar-refractivity contribution >= 4 is 33.0 Å². The number of carbonyl (C=O) groups is 1. The quantitative estimate of drug-likeness (QED) is 0.367. The molecule has 0 aliphatic rings. The Kier molecular flexibility index (Phi) is 7.21. The van der Waals surface area contributed by atoms with Gasteiger partial charge >= 0.3 is 0 Å². The lowest BCUT2D eigenvalue weighted by Gasteiger charge is -2.18. The summed E-state index contributed by atoms with van der Waals surface area (Å²) in [6.07, 6.45) is 1.09. The highest BCUT2D eigenvalue weighted by Gasteiger charge is 2.23. The standard InChI is InChI=1S/C25H30N4O4S/c1-5-18(29-25(31)20-15-23-19(11-13-34-23)28(20)16(4)27-29)24(30)26-12-10-17-8-9-21(32-6-2)22(14-17)33-7-3/h8-9,11,13-15,18H,5-7,10,12H2,1-4H3,(H,26,30)/t18-/m0/s1. The molecule has 8 nitrogen and oxygen atoms in total. The van der Waals surface area contributed by atoms with Crippen molar-refractivity contribution in [3.05, 3.63) is 57.5 Å². The van der Waals surface area contributed by atoms with Gasteiger partial charge in [-0.1, -0.05) is 13.0 Å². The van der Waals surface area contributed by atoms with E-state index in [-0.39, 0.29) is 11.5 Å². The highest BCUT2D eigenvalue weighted by atomic mass is 32.1. The number of nitrogens with zero attached hydrogens (tertiary/aromatic N) is 3. The average Bonchev–Trinajstić information content (AvgIpc) is 3.41. The number of thiophene rings is 1. The maximum atomic E-state index is 13.2. The Bertz CT molecular complexity index is 1370. The van der Waals surface area contributed by atoms with E-state index in [1.165, 1.54) is 4.68 Å². The van der Waals surface area contributed by atoms with Crippen LogP contribution < -0.4 is 20.3 Å². The fourth-order valence-electron chi connectivity index (χ4n) is 4.17. The van der Waals surface area contributed by atoms with Crippen molar-refractivity contribution in [1.82, 2.24) is 19.5 Å². The number of amides is 1. The van der Waals surface area contributed by atoms with Crippen molar-refractivity contribution in [3.63, 3.8) is 0 Å². The number of rotatable bonds is 10. The van der Waals surface area contributed by atoms with E-state index >= 15 is 0 Å². The van der Waals surface area contributed by atoms with Gasteiger partial charge in [0.2, 0.25) is 5.91 Å². The SMILES string of the molecule is CCOc1ccc(CCNC(=O)[C@H](CC)n2nc(C)n3c(cc4sccc43)c2=O)cc1OCC. The van der Waals surface area contributed by atoms with Crippen LogP contribution in [0.2, 0.25) is 0 Å². The zero-order valence-electron chi connectivity index (χ0n) is 20.0. The Balaban J connectivity index is 1.49. The molecule has 4 aromatic rings. The summed E-state index contributed by atoms with van der Waals surface area (Å²) in [5.41, 5.74) is 2.27. The molecule has 0 saturated heterocycles. The van der Waals surface area contributed by atoms with Crippen molar-refractivity contribution in [3.8, 4) is 11.5 Å². The van der Waals surface area contributed by atoms with Gasteiger partial charge in [0, 0.05) is 6.54 Å². The lowest BCUT2D eigenvalue weighted by molar-refractivity contribution is -0.124. The lowest BCUT2D eigenvalue weighted by atomic mass is 10.1. The Morgan fingerprint density at radius 3 is 2.59 bits per heavy atom. The molecule has 0 radical (unpaired) electrons. The normalized spacial score (nSPS) is 12.2. The van der Waals surface area contributed by atoms with Crippen molar-refractivity contribution in [2.75, 3.05) is 19.8 Å². The fraction of sp³-hybridized carbons (Fsp3) is 0.400. The molecule has 0 aliphatic carbocycles. The molecule has 0 spiro atoms. The molecule has 0 fully saturated rings. The molecule has 1 aromatic carbocycles. The largest absolute Gasteiger partial charge is 0.490 e. The number of ether oxygens (including phenoxy) is 2. The summed E-state index contributed by atoms with van der Waals surface area (Å²) >= 11 is 1.58. The smallest absolute Gasteiger partial charge is 0.291 e. The maximum Gasteiger partial charge on any atom is 0.291 e. The van der Waals surface area contributed by atoms with Crippen molar-refractivity contribution in [2.24, 2.45) is 0 Å². The molecule has 9 heteroatoms. The van der Waals surface area contributed by atoms with Gasteiger partial charge in [-0.25, -0.2) is 4.68 Å². The van der Waals surface area contributed by atoms with Crippen molar-refractivity contribution in [1.29, 1.82) is 0 Å². The van der Waals surface area contributed by atoms with Crippen LogP contribution in [0.25, 0.3) is 15.7 Å². The first-order valence-electron chi connectivity index (χ1n) is 11.6. The van der Waals surface area contributed by atoms with E-state index in [1.54, 1.807) is 11.3 Å². The molecule has 4 rings (SSSR count). The molecular formula is C25H30N4O4S. The second kappa shape index (κ2) is 10.3. The van der Waals surface area contributed by atoms with E-state index < -0.39 is 6.04 Å². The van der Waals surface area contributed by atoms with Crippen LogP contribution in [0, 0.1) is 6.92 Å². The van der Waals surface area contributed by atoms with Gasteiger partial charge < -0.3 is 14.8 Å². The third kappa shape index (κ3) is 4.52. The Labute approximate surface area is 202 Å². The molecule has 0 bridgehead atoms. The highest BCUT2D eigenvalue weighted by molar-refractivity contribution is 7.17. The van der Waals surface area contributed by atoms with E-state index in [9.17, 15) is 9.59 Å². The summed E-state index contributed by atoms with van der Waals surface area (Å²) in [4.78, 5) is 26.2. The third-order valence-corrected chi connectivity index (χ3v) is 6.58. The van der Waals surface area contributed by atoms with Crippen LogP contribution in [0.15, 0.2) is 40.5 Å². The minimum absolute atomic E-state index is 0.217. The minimum Gasteiger partial charge on any atom is -0.490 e. The van der Waals surface area contributed by atoms with Crippen LogP contribution >= 0.6 is 11.3 Å². The van der Waals surface area contributed by atoms with Crippen LogP contribution in [0.4, 0.5) is 0 Å². The van der Waals surface area contributed by atoms with Crippen molar-refractivity contribution < 1.29 is 14.3 Å². The molecule has 180 valence electrons. The summed E-state index contributed by atoms with van der Waals surface area (Å²) in [5.74, 6) is 1.87. The van der Waals surface area contributed by atoms with Gasteiger partial charge in [-0.05, 0) is 68.8 Å². The first-order valence-corrected chi connectivity index (χ1v) is 12.5. The van der Waals surface area contributed by atoms with E-state index in [2.05, 4.69) is 10.4 Å². The van der Waals surface area contributed by atoms with Crippen molar-refractivity contribution in [2.45, 2.75) is 46.6 Å². The summed E-state index contributed by atoms with van der Waals surface area (Å²) in [7, 11) is 0. The van der Waals surface area contributed by atoms with Crippen LogP contribution in [0.5, 0.6) is 11.5 Å². The number of fused-ring (bicyclic) bond motifs is 3. The number of aromatic nitrogens is 3. The first kappa shape index (κ1) is 23.8. The second-order valence-corrected chi connectivity index (χ2v) is 8.89. The summed E-state index contributed by atoms with van der Waals surface area (Å²) < 4.78 is 15.5. The molecule has 34 heavy (non-hydrogen) atoms. The summed E-state index contributed by atoms with van der Waals surface area (Å²) in [6.45, 7) is 9.15. The predicted molar refractivity (Wildman–Crippen MR) is 134 cm³/mol. The Morgan fingerprint density at radius 1 is 1.09 bits per heavy atom. The molecule has 0 unspecified atom stereocenters. The number of hydrogen-bond acceptors (Lipinski definition) is 6. The number of hydrogen-bond donors (Lipinski definition) is 1. The van der Waals surface area contributed by atoms with Gasteiger partial charge in [-0.3, -0.25) is 14.0 Å². The topological polar surface area (TPSA) is 86.9 Å². The van der Waals surface area contributed by atoms with Crippen LogP contribution in [-0.4, -0.2) is 39.8 Å². The summed E-state index contributed by atoms with van der Waals surface area (Å²) in [5, 5.41) is 9.47. The minimum atomic E-state index is -0.677. The predicted octanol–water partition coefficient (Wildman–Crippen LogP) is 4.13. The van der Waals surface area contributed by atoms with Gasteiger partial charge in [0.25, 0.3) is 5.56 Å². The monoisotopic (exact) mass is 482 g/mol. The van der Waals surface area contributed by atoms with Crippen LogP contribution in [-0.2, 0) is 11.2 Å². The zero-order valence-corrected chi connectivity index (χ0v) is 20.8. The Morgan fingerprint density at radius 2 is 1.85 bits per heavy atom. The average molecular weight is 483 g/mol. The molecule has 3 aromatic heterocycles. The van der Waals surface area contributed by atoms with E-state index in [1.807, 2.05) is 67.8 Å². The van der Waals surface area contributed by atoms with Crippen LogP contribution in [0.1, 0.15) is 44.6 Å². The van der Waals surface area contributed by atoms with Gasteiger partial charge in [0.1, 0.15) is 17.4 Å². The molecule has 1 atom stereocenters. The number of aryl methyl sites for hydroxylation is 1. The van der Waals surface area contributed by atoms with Gasteiger partial charge in [-0.2, -0.15) is 5.10 Å². The number of benzene rings is 1. The van der Waals surface area contributed by atoms with Gasteiger partial charge in [-0.15, -0.1) is 11.3 Å². The second-order valence-electron chi connectivity index (χ2n) is 7.94. The summed E-state index contributed by atoms with van der Waals surface area (Å²) in [6, 6.07) is 8.99. The van der Waals surface area contributed by atoms with E-state index in [4.69, 9.17) is 9.47 Å². The number of nitrogens with one attached hydrogen (secondary N) is 1. The highest BCUT2D eigenvalue weighted by Crippen LogP contribution is 2.29. The fourth-order valence-corrected chi connectivity index (χ4v) is 4.98. The lowest BCUT2D eigenvalue weighted by Crippen LogP contribution is -2.40. The molecule has 1 N–H and O–H groups in total. The molecule has 3 heterocycles. The molecular weight excluding hydrogens is 452 g/mol. The molecule has 0 aliphatic heterocycles. The third-order valence-electron chi connectivity index (χ3n) is 5.73. The van der Waals surface area contributed by atoms with E-state index in [0.717, 1.165) is 15.8 Å². The zero-order chi connectivity index (χ0) is 24.2. The van der Waals surface area contributed by atoms with Gasteiger partial charge in [0.05, 0.1) is 23.4 Å². The van der Waals surface area contributed by atoms with Crippen LogP contribution in [0.3, 0.4) is 0 Å². The van der Waals surface area contributed by atoms with Gasteiger partial charge in [0.15, 0.2) is 11.5 Å². The molecule has 1 amide bonds.